The van der Waals surface area contributed by atoms with Crippen LogP contribution in [0.5, 0.6) is 0 Å². The number of fused-ring (bicyclic) bond motifs is 1. The number of rotatable bonds is 1. The van der Waals surface area contributed by atoms with E-state index in [4.69, 9.17) is 4.74 Å². The van der Waals surface area contributed by atoms with Gasteiger partial charge < -0.3 is 10.1 Å². The van der Waals surface area contributed by atoms with E-state index in [0.29, 0.717) is 5.92 Å². The van der Waals surface area contributed by atoms with Gasteiger partial charge >= 0.3 is 6.09 Å². The molecular formula is C13H17NO2. The van der Waals surface area contributed by atoms with E-state index in [1.54, 1.807) is 7.05 Å². The second kappa shape index (κ2) is 4.56. The summed E-state index contributed by atoms with van der Waals surface area (Å²) in [4.78, 5) is 11.2. The summed E-state index contributed by atoms with van der Waals surface area (Å²) in [6.45, 7) is 2.22. The lowest BCUT2D eigenvalue weighted by Crippen LogP contribution is -2.24. The molecule has 16 heavy (non-hydrogen) atoms. The Morgan fingerprint density at radius 3 is 2.69 bits per heavy atom. The van der Waals surface area contributed by atoms with Gasteiger partial charge in [0.05, 0.1) is 0 Å². The number of carbonyl (C=O) groups excluding carboxylic acids is 1. The van der Waals surface area contributed by atoms with Crippen molar-refractivity contribution in [1.29, 1.82) is 0 Å². The molecule has 0 spiro atoms. The SMILES string of the molecule is CNC(=O)OC1CCC(C)c2ccccc21. The topological polar surface area (TPSA) is 38.3 Å². The molecule has 0 fully saturated rings. The van der Waals surface area contributed by atoms with Gasteiger partial charge in [0.2, 0.25) is 0 Å². The van der Waals surface area contributed by atoms with E-state index in [1.807, 2.05) is 12.1 Å². The number of hydrogen-bond donors (Lipinski definition) is 1. The van der Waals surface area contributed by atoms with Gasteiger partial charge in [-0.3, -0.25) is 0 Å². The smallest absolute Gasteiger partial charge is 0.407 e. The summed E-state index contributed by atoms with van der Waals surface area (Å²) in [7, 11) is 1.58. The Bertz CT molecular complexity index is 389. The quantitative estimate of drug-likeness (QED) is 0.788. The highest BCUT2D eigenvalue weighted by Crippen LogP contribution is 2.38. The Morgan fingerprint density at radius 1 is 1.31 bits per heavy atom. The molecule has 0 saturated carbocycles. The van der Waals surface area contributed by atoms with Crippen LogP contribution >= 0.6 is 0 Å². The number of ether oxygens (including phenoxy) is 1. The van der Waals surface area contributed by atoms with Crippen molar-refractivity contribution in [2.45, 2.75) is 31.8 Å². The Morgan fingerprint density at radius 2 is 2.00 bits per heavy atom. The third-order valence-electron chi connectivity index (χ3n) is 3.19. The van der Waals surface area contributed by atoms with Gasteiger partial charge in [0.15, 0.2) is 0 Å². The summed E-state index contributed by atoms with van der Waals surface area (Å²) in [5.41, 5.74) is 2.47. The fourth-order valence-corrected chi connectivity index (χ4v) is 2.28. The van der Waals surface area contributed by atoms with Crippen LogP contribution in [0.1, 0.15) is 42.9 Å². The molecule has 2 atom stereocenters. The zero-order chi connectivity index (χ0) is 11.5. The third-order valence-corrected chi connectivity index (χ3v) is 3.19. The molecule has 3 heteroatoms. The summed E-state index contributed by atoms with van der Waals surface area (Å²) < 4.78 is 5.37. The molecule has 0 heterocycles. The minimum atomic E-state index is -0.352. The van der Waals surface area contributed by atoms with Crippen LogP contribution in [0.25, 0.3) is 0 Å². The van der Waals surface area contributed by atoms with Crippen molar-refractivity contribution < 1.29 is 9.53 Å². The summed E-state index contributed by atoms with van der Waals surface area (Å²) in [5, 5.41) is 2.49. The van der Waals surface area contributed by atoms with Crippen LogP contribution in [0.15, 0.2) is 24.3 Å². The normalized spacial score (nSPS) is 23.4. The van der Waals surface area contributed by atoms with Crippen LogP contribution in [0, 0.1) is 0 Å². The van der Waals surface area contributed by atoms with Crippen LogP contribution in [-0.2, 0) is 4.74 Å². The molecule has 3 nitrogen and oxygen atoms in total. The summed E-state index contributed by atoms with van der Waals surface area (Å²) >= 11 is 0. The number of hydrogen-bond acceptors (Lipinski definition) is 2. The van der Waals surface area contributed by atoms with Crippen molar-refractivity contribution in [3.8, 4) is 0 Å². The molecule has 1 N–H and O–H groups in total. The lowest BCUT2D eigenvalue weighted by atomic mass is 9.82. The van der Waals surface area contributed by atoms with Crippen molar-refractivity contribution in [1.82, 2.24) is 5.32 Å². The first-order chi connectivity index (χ1) is 7.72. The molecule has 0 radical (unpaired) electrons. The minimum absolute atomic E-state index is 0.0904. The highest BCUT2D eigenvalue weighted by Gasteiger charge is 2.26. The zero-order valence-corrected chi connectivity index (χ0v) is 9.69. The van der Waals surface area contributed by atoms with Crippen LogP contribution in [0.4, 0.5) is 4.79 Å². The van der Waals surface area contributed by atoms with Crippen LogP contribution in [0.3, 0.4) is 0 Å². The van der Waals surface area contributed by atoms with E-state index in [2.05, 4.69) is 24.4 Å². The Balaban J connectivity index is 2.24. The van der Waals surface area contributed by atoms with Gasteiger partial charge in [-0.15, -0.1) is 0 Å². The van der Waals surface area contributed by atoms with E-state index in [0.717, 1.165) is 18.4 Å². The summed E-state index contributed by atoms with van der Waals surface area (Å²) in [5.74, 6) is 0.556. The molecular weight excluding hydrogens is 202 g/mol. The van der Waals surface area contributed by atoms with Crippen molar-refractivity contribution in [2.75, 3.05) is 7.05 Å². The molecule has 86 valence electrons. The second-order valence-electron chi connectivity index (χ2n) is 4.25. The van der Waals surface area contributed by atoms with Gasteiger partial charge in [-0.1, -0.05) is 31.2 Å². The Labute approximate surface area is 95.8 Å². The number of benzene rings is 1. The molecule has 1 aliphatic carbocycles. The predicted octanol–water partition coefficient (Wildman–Crippen LogP) is 2.98. The fraction of sp³-hybridized carbons (Fsp3) is 0.462. The molecule has 0 bridgehead atoms. The van der Waals surface area contributed by atoms with E-state index >= 15 is 0 Å². The highest BCUT2D eigenvalue weighted by atomic mass is 16.6. The van der Waals surface area contributed by atoms with Gasteiger partial charge in [0, 0.05) is 7.05 Å². The molecule has 0 aromatic heterocycles. The number of amides is 1. The zero-order valence-electron chi connectivity index (χ0n) is 9.69. The fourth-order valence-electron chi connectivity index (χ4n) is 2.28. The maximum atomic E-state index is 11.2. The van der Waals surface area contributed by atoms with Gasteiger partial charge in [0.25, 0.3) is 0 Å². The van der Waals surface area contributed by atoms with E-state index < -0.39 is 0 Å². The second-order valence-corrected chi connectivity index (χ2v) is 4.25. The minimum Gasteiger partial charge on any atom is -0.441 e. The van der Waals surface area contributed by atoms with Crippen molar-refractivity contribution in [3.05, 3.63) is 35.4 Å². The van der Waals surface area contributed by atoms with Gasteiger partial charge in [-0.05, 0) is 29.9 Å². The largest absolute Gasteiger partial charge is 0.441 e. The molecule has 2 unspecified atom stereocenters. The molecule has 2 rings (SSSR count). The van der Waals surface area contributed by atoms with Crippen molar-refractivity contribution in [2.24, 2.45) is 0 Å². The average molecular weight is 219 g/mol. The number of carbonyl (C=O) groups is 1. The predicted molar refractivity (Wildman–Crippen MR) is 62.4 cm³/mol. The van der Waals surface area contributed by atoms with E-state index in [-0.39, 0.29) is 12.2 Å². The molecule has 1 amide bonds. The first-order valence-electron chi connectivity index (χ1n) is 5.69. The Hall–Kier alpha value is -1.51. The molecule has 1 aliphatic rings. The van der Waals surface area contributed by atoms with Crippen LogP contribution in [-0.4, -0.2) is 13.1 Å². The van der Waals surface area contributed by atoms with E-state index in [1.165, 1.54) is 5.56 Å². The van der Waals surface area contributed by atoms with Gasteiger partial charge in [-0.2, -0.15) is 0 Å². The third kappa shape index (κ3) is 2.03. The average Bonchev–Trinajstić information content (AvgIpc) is 2.33. The standard InChI is InChI=1S/C13H17NO2/c1-9-7-8-12(16-13(15)14-2)11-6-4-3-5-10(9)11/h3-6,9,12H,7-8H2,1-2H3,(H,14,15). The highest BCUT2D eigenvalue weighted by molar-refractivity contribution is 5.67. The first-order valence-corrected chi connectivity index (χ1v) is 5.69. The maximum Gasteiger partial charge on any atom is 0.407 e. The maximum absolute atomic E-state index is 11.2. The van der Waals surface area contributed by atoms with Crippen LogP contribution in [0.2, 0.25) is 0 Å². The Kier molecular flexibility index (Phi) is 3.13. The summed E-state index contributed by atoms with van der Waals surface area (Å²) in [6, 6.07) is 8.21. The first kappa shape index (κ1) is 11.0. The lowest BCUT2D eigenvalue weighted by molar-refractivity contribution is 0.0870. The van der Waals surface area contributed by atoms with Crippen molar-refractivity contribution >= 4 is 6.09 Å². The van der Waals surface area contributed by atoms with Gasteiger partial charge in [0.1, 0.15) is 6.10 Å². The molecule has 1 aromatic carbocycles. The lowest BCUT2D eigenvalue weighted by Gasteiger charge is -2.29. The van der Waals surface area contributed by atoms with Crippen LogP contribution < -0.4 is 5.32 Å². The monoisotopic (exact) mass is 219 g/mol. The summed E-state index contributed by atoms with van der Waals surface area (Å²) in [6.07, 6.45) is 1.53. The number of nitrogens with one attached hydrogen (secondary N) is 1. The molecule has 0 saturated heterocycles. The molecule has 1 aromatic rings. The molecule has 0 aliphatic heterocycles. The van der Waals surface area contributed by atoms with Crippen molar-refractivity contribution in [3.63, 3.8) is 0 Å². The number of alkyl carbamates (subject to hydrolysis) is 1. The van der Waals surface area contributed by atoms with E-state index in [9.17, 15) is 4.79 Å². The van der Waals surface area contributed by atoms with Gasteiger partial charge in [-0.25, -0.2) is 4.79 Å².